The lowest BCUT2D eigenvalue weighted by Crippen LogP contribution is -2.09. The average molecular weight is 745 g/mol. The number of benzene rings is 9. The van der Waals surface area contributed by atoms with E-state index in [9.17, 15) is 0 Å². The van der Waals surface area contributed by atoms with Crippen molar-refractivity contribution in [3.63, 3.8) is 0 Å². The molecule has 0 unspecified atom stereocenters. The normalized spacial score (nSPS) is 11.8. The number of oxazole rings is 1. The fraction of sp³-hybridized carbons (Fsp3) is 0. The van der Waals surface area contributed by atoms with Gasteiger partial charge in [0.25, 0.3) is 0 Å². The standard InChI is InChI=1S/C53H32N2O3/c1-2-12-36(13-3-1)53-54-51-44(32-49-50(52(51)58-53)43-17-7-9-20-47(43)57-49)35-23-27-38(28-24-35)55(39-29-30-48-45(31-39)42-16-6-8-19-46(42)56-48)37-25-21-34(22-26-37)41-18-10-14-33-11-4-5-15-40(33)41/h1-32H. The molecule has 0 spiro atoms. The molecule has 5 heteroatoms. The van der Waals surface area contributed by atoms with Crippen molar-refractivity contribution in [1.29, 1.82) is 0 Å². The molecule has 0 radical (unpaired) electrons. The second-order valence-electron chi connectivity index (χ2n) is 14.7. The first kappa shape index (κ1) is 32.4. The van der Waals surface area contributed by atoms with E-state index in [4.69, 9.17) is 18.2 Å². The molecule has 3 heterocycles. The summed E-state index contributed by atoms with van der Waals surface area (Å²) in [6.45, 7) is 0. The van der Waals surface area contributed by atoms with Crippen LogP contribution in [0, 0.1) is 0 Å². The molecule has 0 aliphatic heterocycles. The number of furan rings is 2. The van der Waals surface area contributed by atoms with E-state index in [0.29, 0.717) is 11.5 Å². The number of hydrogen-bond acceptors (Lipinski definition) is 5. The topological polar surface area (TPSA) is 55.6 Å². The van der Waals surface area contributed by atoms with Crippen molar-refractivity contribution < 1.29 is 13.3 Å². The maximum Gasteiger partial charge on any atom is 0.227 e. The number of rotatable bonds is 6. The van der Waals surface area contributed by atoms with Gasteiger partial charge < -0.3 is 18.2 Å². The lowest BCUT2D eigenvalue weighted by Gasteiger charge is -2.26. The van der Waals surface area contributed by atoms with E-state index in [1.54, 1.807) is 0 Å². The summed E-state index contributed by atoms with van der Waals surface area (Å²) >= 11 is 0. The van der Waals surface area contributed by atoms with Gasteiger partial charge in [-0.1, -0.05) is 121 Å². The van der Waals surface area contributed by atoms with E-state index in [0.717, 1.165) is 83.1 Å². The summed E-state index contributed by atoms with van der Waals surface area (Å²) in [5.41, 5.74) is 13.2. The van der Waals surface area contributed by atoms with Crippen LogP contribution in [0.4, 0.5) is 17.1 Å². The molecule has 3 aromatic heterocycles. The second kappa shape index (κ2) is 12.8. The molecule has 12 rings (SSSR count). The zero-order chi connectivity index (χ0) is 38.2. The van der Waals surface area contributed by atoms with Crippen molar-refractivity contribution in [1.82, 2.24) is 4.98 Å². The summed E-state index contributed by atoms with van der Waals surface area (Å²) in [6.07, 6.45) is 0. The number of anilines is 3. The molecular weight excluding hydrogens is 713 g/mol. The predicted octanol–water partition coefficient (Wildman–Crippen LogP) is 15.3. The number of para-hydroxylation sites is 2. The van der Waals surface area contributed by atoms with Crippen LogP contribution >= 0.6 is 0 Å². The summed E-state index contributed by atoms with van der Waals surface area (Å²) in [5, 5.41) is 6.56. The zero-order valence-electron chi connectivity index (χ0n) is 31.1. The first-order valence-electron chi connectivity index (χ1n) is 19.4. The molecule has 5 nitrogen and oxygen atoms in total. The van der Waals surface area contributed by atoms with Gasteiger partial charge in [-0.15, -0.1) is 0 Å². The number of hydrogen-bond donors (Lipinski definition) is 0. The summed E-state index contributed by atoms with van der Waals surface area (Å²) in [5.74, 6) is 0.575. The summed E-state index contributed by atoms with van der Waals surface area (Å²) in [6, 6.07) is 67.5. The minimum Gasteiger partial charge on any atom is -0.456 e. The Kier molecular flexibility index (Phi) is 7.16. The smallest absolute Gasteiger partial charge is 0.227 e. The molecule has 0 saturated carbocycles. The Morgan fingerprint density at radius 1 is 0.362 bits per heavy atom. The van der Waals surface area contributed by atoms with Gasteiger partial charge in [-0.2, -0.15) is 0 Å². The zero-order valence-corrected chi connectivity index (χ0v) is 31.1. The Labute approximate surface area is 332 Å². The first-order chi connectivity index (χ1) is 28.7. The molecule has 272 valence electrons. The van der Waals surface area contributed by atoms with Crippen LogP contribution in [0.15, 0.2) is 207 Å². The predicted molar refractivity (Wildman–Crippen MR) is 237 cm³/mol. The fourth-order valence-electron chi connectivity index (χ4n) is 8.55. The van der Waals surface area contributed by atoms with Crippen molar-refractivity contribution >= 4 is 82.8 Å². The van der Waals surface area contributed by atoms with E-state index in [2.05, 4.69) is 138 Å². The molecule has 0 aliphatic rings. The minimum atomic E-state index is 0.575. The molecular formula is C53H32N2O3. The van der Waals surface area contributed by atoms with Crippen LogP contribution in [0.3, 0.4) is 0 Å². The van der Waals surface area contributed by atoms with E-state index < -0.39 is 0 Å². The van der Waals surface area contributed by atoms with Gasteiger partial charge in [0.05, 0.1) is 5.39 Å². The van der Waals surface area contributed by atoms with Gasteiger partial charge in [-0.05, 0) is 100 Å². The Hall–Kier alpha value is -7.89. The number of aromatic nitrogens is 1. The average Bonchev–Trinajstić information content (AvgIpc) is 4.00. The van der Waals surface area contributed by atoms with Gasteiger partial charge in [0.1, 0.15) is 27.8 Å². The van der Waals surface area contributed by atoms with Crippen LogP contribution < -0.4 is 4.90 Å². The van der Waals surface area contributed by atoms with Crippen molar-refractivity contribution in [3.05, 3.63) is 194 Å². The third kappa shape index (κ3) is 5.14. The highest BCUT2D eigenvalue weighted by atomic mass is 16.4. The quantitative estimate of drug-likeness (QED) is 0.170. The SMILES string of the molecule is c1ccc(-c2nc3c(-c4ccc(N(c5ccc(-c6cccc7ccccc67)cc5)c5ccc6oc7ccccc7c6c5)cc4)cc4oc5ccccc5c4c3o2)cc1. The largest absolute Gasteiger partial charge is 0.456 e. The molecule has 58 heavy (non-hydrogen) atoms. The van der Waals surface area contributed by atoms with Crippen LogP contribution in [-0.4, -0.2) is 4.98 Å². The summed E-state index contributed by atoms with van der Waals surface area (Å²) in [7, 11) is 0. The molecule has 0 bridgehead atoms. The maximum atomic E-state index is 6.61. The van der Waals surface area contributed by atoms with Crippen LogP contribution in [0.1, 0.15) is 0 Å². The summed E-state index contributed by atoms with van der Waals surface area (Å²) < 4.78 is 19.3. The maximum absolute atomic E-state index is 6.61. The third-order valence-electron chi connectivity index (χ3n) is 11.3. The third-order valence-corrected chi connectivity index (χ3v) is 11.3. The molecule has 0 N–H and O–H groups in total. The molecule has 0 aliphatic carbocycles. The number of fused-ring (bicyclic) bond motifs is 9. The Morgan fingerprint density at radius 3 is 1.72 bits per heavy atom. The highest BCUT2D eigenvalue weighted by molar-refractivity contribution is 6.19. The Balaban J connectivity index is 1.01. The van der Waals surface area contributed by atoms with Gasteiger partial charge in [0.15, 0.2) is 5.58 Å². The van der Waals surface area contributed by atoms with Crippen molar-refractivity contribution in [2.45, 2.75) is 0 Å². The van der Waals surface area contributed by atoms with E-state index >= 15 is 0 Å². The van der Waals surface area contributed by atoms with Gasteiger partial charge in [0, 0.05) is 44.3 Å². The summed E-state index contributed by atoms with van der Waals surface area (Å²) in [4.78, 5) is 7.43. The first-order valence-corrected chi connectivity index (χ1v) is 19.4. The van der Waals surface area contributed by atoms with Crippen LogP contribution in [-0.2, 0) is 0 Å². The van der Waals surface area contributed by atoms with E-state index in [1.807, 2.05) is 60.7 Å². The lowest BCUT2D eigenvalue weighted by atomic mass is 9.98. The molecule has 0 fully saturated rings. The van der Waals surface area contributed by atoms with Crippen LogP contribution in [0.5, 0.6) is 0 Å². The lowest BCUT2D eigenvalue weighted by molar-refractivity contribution is 0.622. The molecule has 0 amide bonds. The Bertz CT molecular complexity index is 3500. The Morgan fingerprint density at radius 2 is 0.948 bits per heavy atom. The van der Waals surface area contributed by atoms with Crippen LogP contribution in [0.2, 0.25) is 0 Å². The van der Waals surface area contributed by atoms with Crippen molar-refractivity contribution in [2.75, 3.05) is 4.90 Å². The fourth-order valence-corrected chi connectivity index (χ4v) is 8.55. The molecule has 9 aromatic carbocycles. The van der Waals surface area contributed by atoms with Crippen molar-refractivity contribution in [2.24, 2.45) is 0 Å². The van der Waals surface area contributed by atoms with E-state index in [1.165, 1.54) is 21.9 Å². The van der Waals surface area contributed by atoms with Gasteiger partial charge in [-0.3, -0.25) is 0 Å². The van der Waals surface area contributed by atoms with Crippen molar-refractivity contribution in [3.8, 4) is 33.7 Å². The highest BCUT2D eigenvalue weighted by Crippen LogP contribution is 2.44. The van der Waals surface area contributed by atoms with Gasteiger partial charge in [0.2, 0.25) is 5.89 Å². The molecule has 0 atom stereocenters. The highest BCUT2D eigenvalue weighted by Gasteiger charge is 2.22. The van der Waals surface area contributed by atoms with Crippen LogP contribution in [0.25, 0.3) is 99.5 Å². The van der Waals surface area contributed by atoms with E-state index in [-0.39, 0.29) is 0 Å². The monoisotopic (exact) mass is 744 g/mol. The number of nitrogens with zero attached hydrogens (tertiary/aromatic N) is 2. The van der Waals surface area contributed by atoms with Gasteiger partial charge >= 0.3 is 0 Å². The minimum absolute atomic E-state index is 0.575. The molecule has 0 saturated heterocycles. The van der Waals surface area contributed by atoms with Gasteiger partial charge in [-0.25, -0.2) is 4.98 Å². The molecule has 12 aromatic rings. The second-order valence-corrected chi connectivity index (χ2v) is 14.7.